The molecule has 11 heteroatoms. The number of halogens is 5. The Hall–Kier alpha value is -3.08. The molecule has 1 aromatic carbocycles. The standard InChI is InChI=1S/C21H20F5N3O3/c1-9-12(4-5-13(22)16(9)23)15-10(2)20(3,21(24,25)26)32-17(15)19(31)29-11-6-7-28-14(8-11)18(27)30/h4-8,10,15,17H,1-3H3,(H2,27,30)(H,28,29,31)/t10-,15-,17+,20-/m1/s1. The molecule has 1 aromatic heterocycles. The third kappa shape index (κ3) is 3.92. The summed E-state index contributed by atoms with van der Waals surface area (Å²) in [4.78, 5) is 28.0. The van der Waals surface area contributed by atoms with Crippen molar-refractivity contribution in [3.63, 3.8) is 0 Å². The van der Waals surface area contributed by atoms with E-state index in [4.69, 9.17) is 10.5 Å². The Morgan fingerprint density at radius 3 is 2.47 bits per heavy atom. The molecule has 3 N–H and O–H groups in total. The van der Waals surface area contributed by atoms with Gasteiger partial charge in [-0.1, -0.05) is 13.0 Å². The highest BCUT2D eigenvalue weighted by Crippen LogP contribution is 2.54. The van der Waals surface area contributed by atoms with Crippen molar-refractivity contribution in [2.24, 2.45) is 11.7 Å². The number of ether oxygens (including phenoxy) is 1. The van der Waals surface area contributed by atoms with Gasteiger partial charge in [0.05, 0.1) is 0 Å². The number of rotatable bonds is 4. The van der Waals surface area contributed by atoms with Crippen LogP contribution >= 0.6 is 0 Å². The molecular formula is C21H20F5N3O3. The van der Waals surface area contributed by atoms with Gasteiger partial charge in [0.15, 0.2) is 17.2 Å². The number of nitrogens with one attached hydrogen (secondary N) is 1. The van der Waals surface area contributed by atoms with Crippen molar-refractivity contribution < 1.29 is 36.3 Å². The average molecular weight is 457 g/mol. The van der Waals surface area contributed by atoms with Gasteiger partial charge in [-0.05, 0) is 43.2 Å². The van der Waals surface area contributed by atoms with Crippen LogP contribution in [0.1, 0.15) is 41.4 Å². The summed E-state index contributed by atoms with van der Waals surface area (Å²) >= 11 is 0. The van der Waals surface area contributed by atoms with Gasteiger partial charge in [0, 0.05) is 23.7 Å². The molecule has 3 rings (SSSR count). The van der Waals surface area contributed by atoms with Gasteiger partial charge in [0.25, 0.3) is 11.8 Å². The van der Waals surface area contributed by atoms with Crippen LogP contribution in [0, 0.1) is 24.5 Å². The number of nitrogens with two attached hydrogens (primary N) is 1. The van der Waals surface area contributed by atoms with Gasteiger partial charge in [-0.2, -0.15) is 13.2 Å². The Bertz CT molecular complexity index is 1080. The number of carbonyl (C=O) groups is 2. The van der Waals surface area contributed by atoms with Crippen LogP contribution in [-0.4, -0.2) is 34.7 Å². The fraction of sp³-hybridized carbons (Fsp3) is 0.381. The number of aromatic nitrogens is 1. The van der Waals surface area contributed by atoms with E-state index in [1.807, 2.05) is 0 Å². The minimum atomic E-state index is -4.85. The topological polar surface area (TPSA) is 94.3 Å². The Kier molecular flexibility index (Phi) is 5.98. The van der Waals surface area contributed by atoms with Gasteiger partial charge in [-0.3, -0.25) is 14.6 Å². The van der Waals surface area contributed by atoms with E-state index in [0.29, 0.717) is 0 Å². The lowest BCUT2D eigenvalue weighted by atomic mass is 9.76. The molecule has 0 saturated carbocycles. The number of nitrogens with zero attached hydrogens (tertiary/aromatic N) is 1. The SMILES string of the molecule is Cc1c([C@@H]2[C@@H](C(=O)Nc3ccnc(C(N)=O)c3)O[C@@](C)(C(F)(F)F)[C@@H]2C)ccc(F)c1F. The van der Waals surface area contributed by atoms with E-state index in [1.165, 1.54) is 26.1 Å². The van der Waals surface area contributed by atoms with E-state index in [2.05, 4.69) is 10.3 Å². The molecule has 0 spiro atoms. The highest BCUT2D eigenvalue weighted by Gasteiger charge is 2.65. The number of carbonyl (C=O) groups excluding carboxylic acids is 2. The van der Waals surface area contributed by atoms with Crippen molar-refractivity contribution in [3.8, 4) is 0 Å². The molecule has 1 saturated heterocycles. The molecule has 1 fully saturated rings. The smallest absolute Gasteiger partial charge is 0.364 e. The van der Waals surface area contributed by atoms with Crippen LogP contribution in [0.2, 0.25) is 0 Å². The van der Waals surface area contributed by atoms with Gasteiger partial charge in [0.1, 0.15) is 11.8 Å². The second-order valence-electron chi connectivity index (χ2n) is 7.82. The zero-order valence-electron chi connectivity index (χ0n) is 17.3. The molecule has 2 heterocycles. The fourth-order valence-electron chi connectivity index (χ4n) is 3.91. The van der Waals surface area contributed by atoms with E-state index in [-0.39, 0.29) is 22.5 Å². The summed E-state index contributed by atoms with van der Waals surface area (Å²) in [5.41, 5.74) is 2.11. The molecule has 1 aliphatic rings. The Morgan fingerprint density at radius 1 is 1.22 bits per heavy atom. The molecule has 2 amide bonds. The maximum Gasteiger partial charge on any atom is 0.417 e. The summed E-state index contributed by atoms with van der Waals surface area (Å²) < 4.78 is 74.7. The van der Waals surface area contributed by atoms with Crippen LogP contribution in [0.5, 0.6) is 0 Å². The van der Waals surface area contributed by atoms with Crippen LogP contribution in [0.4, 0.5) is 27.6 Å². The van der Waals surface area contributed by atoms with Gasteiger partial charge < -0.3 is 15.8 Å². The largest absolute Gasteiger partial charge is 0.417 e. The van der Waals surface area contributed by atoms with Gasteiger partial charge in [-0.25, -0.2) is 8.78 Å². The summed E-state index contributed by atoms with van der Waals surface area (Å²) in [6.45, 7) is 3.27. The number of anilines is 1. The molecule has 0 aliphatic carbocycles. The quantitative estimate of drug-likeness (QED) is 0.682. The second-order valence-corrected chi connectivity index (χ2v) is 7.82. The van der Waals surface area contributed by atoms with Gasteiger partial charge in [0.2, 0.25) is 0 Å². The first kappa shape index (κ1) is 23.6. The lowest BCUT2D eigenvalue weighted by Gasteiger charge is -2.32. The number of hydrogen-bond acceptors (Lipinski definition) is 4. The molecule has 2 aromatic rings. The van der Waals surface area contributed by atoms with Crippen LogP contribution in [0.15, 0.2) is 30.5 Å². The third-order valence-electron chi connectivity index (χ3n) is 5.95. The van der Waals surface area contributed by atoms with Crippen LogP contribution in [0.25, 0.3) is 0 Å². The average Bonchev–Trinajstić information content (AvgIpc) is 2.99. The number of hydrogen-bond donors (Lipinski definition) is 2. The minimum absolute atomic E-state index is 0.0251. The minimum Gasteiger partial charge on any atom is -0.364 e. The number of alkyl halides is 3. The van der Waals surface area contributed by atoms with E-state index < -0.39 is 53.2 Å². The van der Waals surface area contributed by atoms with Crippen LogP contribution in [-0.2, 0) is 9.53 Å². The predicted molar refractivity (Wildman–Crippen MR) is 104 cm³/mol. The zero-order chi connectivity index (χ0) is 24.0. The van der Waals surface area contributed by atoms with Gasteiger partial charge in [-0.15, -0.1) is 0 Å². The molecule has 172 valence electrons. The maximum absolute atomic E-state index is 14.2. The fourth-order valence-corrected chi connectivity index (χ4v) is 3.91. The van der Waals surface area contributed by atoms with Crippen molar-refractivity contribution in [2.75, 3.05) is 5.32 Å². The number of pyridine rings is 1. The van der Waals surface area contributed by atoms with E-state index in [0.717, 1.165) is 25.1 Å². The van der Waals surface area contributed by atoms with Crippen molar-refractivity contribution in [2.45, 2.75) is 44.6 Å². The predicted octanol–water partition coefficient (Wildman–Crippen LogP) is 3.85. The summed E-state index contributed by atoms with van der Waals surface area (Å²) in [6.07, 6.45) is -5.35. The monoisotopic (exact) mass is 457 g/mol. The summed E-state index contributed by atoms with van der Waals surface area (Å²) in [5.74, 6) is -6.76. The first-order valence-corrected chi connectivity index (χ1v) is 9.53. The molecule has 32 heavy (non-hydrogen) atoms. The molecule has 0 bridgehead atoms. The normalized spacial score (nSPS) is 25.6. The highest BCUT2D eigenvalue weighted by molar-refractivity contribution is 5.97. The molecule has 0 radical (unpaired) electrons. The lowest BCUT2D eigenvalue weighted by molar-refractivity contribution is -0.272. The van der Waals surface area contributed by atoms with Crippen LogP contribution < -0.4 is 11.1 Å². The number of amides is 2. The zero-order valence-corrected chi connectivity index (χ0v) is 17.3. The lowest BCUT2D eigenvalue weighted by Crippen LogP contribution is -2.47. The van der Waals surface area contributed by atoms with Gasteiger partial charge >= 0.3 is 6.18 Å². The Balaban J connectivity index is 2.05. The highest BCUT2D eigenvalue weighted by atomic mass is 19.4. The molecule has 4 atom stereocenters. The molecule has 6 nitrogen and oxygen atoms in total. The molecular weight excluding hydrogens is 437 g/mol. The van der Waals surface area contributed by atoms with Crippen molar-refractivity contribution in [1.29, 1.82) is 0 Å². The molecule has 0 unspecified atom stereocenters. The summed E-state index contributed by atoms with van der Waals surface area (Å²) in [7, 11) is 0. The van der Waals surface area contributed by atoms with Crippen molar-refractivity contribution in [1.82, 2.24) is 4.98 Å². The Labute approximate surface area is 180 Å². The first-order chi connectivity index (χ1) is 14.8. The first-order valence-electron chi connectivity index (χ1n) is 9.53. The van der Waals surface area contributed by atoms with Crippen LogP contribution in [0.3, 0.4) is 0 Å². The number of primary amides is 1. The second kappa shape index (κ2) is 8.12. The number of benzene rings is 1. The van der Waals surface area contributed by atoms with E-state index >= 15 is 0 Å². The summed E-state index contributed by atoms with van der Waals surface area (Å²) in [5, 5.41) is 2.39. The Morgan fingerprint density at radius 2 is 1.88 bits per heavy atom. The van der Waals surface area contributed by atoms with Crippen molar-refractivity contribution in [3.05, 3.63) is 58.9 Å². The van der Waals surface area contributed by atoms with E-state index in [9.17, 15) is 31.5 Å². The summed E-state index contributed by atoms with van der Waals surface area (Å²) in [6, 6.07) is 4.41. The third-order valence-corrected chi connectivity index (χ3v) is 5.95. The maximum atomic E-state index is 14.2. The molecule has 1 aliphatic heterocycles. The van der Waals surface area contributed by atoms with Crippen molar-refractivity contribution >= 4 is 17.5 Å². The van der Waals surface area contributed by atoms with E-state index in [1.54, 1.807) is 0 Å².